The number of nitrogens with zero attached hydrogens (tertiary/aromatic N) is 2. The predicted octanol–water partition coefficient (Wildman–Crippen LogP) is 3.47. The van der Waals surface area contributed by atoms with Crippen LogP contribution >= 0.6 is 11.3 Å². The number of aromatic amines is 1. The molecule has 1 amide bonds. The lowest BCUT2D eigenvalue weighted by molar-refractivity contribution is -0.121. The monoisotopic (exact) mass is 366 g/mol. The lowest BCUT2D eigenvalue weighted by atomic mass is 10.1. The number of carbonyl (C=O) groups is 1. The van der Waals surface area contributed by atoms with E-state index in [1.807, 2.05) is 35.7 Å². The van der Waals surface area contributed by atoms with Gasteiger partial charge in [0.05, 0.1) is 12.1 Å². The molecular formula is C20H22N4OS. The van der Waals surface area contributed by atoms with Crippen molar-refractivity contribution in [2.45, 2.75) is 25.3 Å². The minimum absolute atomic E-state index is 0.103. The van der Waals surface area contributed by atoms with Gasteiger partial charge in [-0.25, -0.2) is 0 Å². The number of thiophene rings is 1. The molecule has 0 spiro atoms. The summed E-state index contributed by atoms with van der Waals surface area (Å²) in [7, 11) is 0. The van der Waals surface area contributed by atoms with E-state index in [1.165, 1.54) is 0 Å². The van der Waals surface area contributed by atoms with Crippen LogP contribution in [0, 0.1) is 0 Å². The Bertz CT molecular complexity index is 844. The van der Waals surface area contributed by atoms with Gasteiger partial charge in [0.1, 0.15) is 0 Å². The summed E-state index contributed by atoms with van der Waals surface area (Å²) in [5.74, 6) is 1.05. The molecule has 0 aliphatic carbocycles. The van der Waals surface area contributed by atoms with E-state index in [4.69, 9.17) is 0 Å². The number of hydrogen-bond acceptors (Lipinski definition) is 4. The van der Waals surface area contributed by atoms with Crippen molar-refractivity contribution in [1.29, 1.82) is 0 Å². The van der Waals surface area contributed by atoms with Crippen molar-refractivity contribution < 1.29 is 4.79 Å². The van der Waals surface area contributed by atoms with E-state index in [-0.39, 0.29) is 11.9 Å². The second kappa shape index (κ2) is 7.74. The van der Waals surface area contributed by atoms with Crippen LogP contribution in [0.5, 0.6) is 0 Å². The van der Waals surface area contributed by atoms with Crippen molar-refractivity contribution in [2.24, 2.45) is 0 Å². The van der Waals surface area contributed by atoms with Gasteiger partial charge < -0.3 is 10.2 Å². The Morgan fingerprint density at radius 2 is 2.15 bits per heavy atom. The SMILES string of the molecule is O=C(Cc1cccs1)N[C@@H]1CCCN(c2cc(-c3ccccc3)[nH]n2)C1. The highest BCUT2D eigenvalue weighted by Gasteiger charge is 2.23. The van der Waals surface area contributed by atoms with E-state index in [2.05, 4.69) is 38.6 Å². The number of piperidine rings is 1. The van der Waals surface area contributed by atoms with Crippen molar-refractivity contribution >= 4 is 23.1 Å². The maximum absolute atomic E-state index is 12.3. The maximum atomic E-state index is 12.3. The van der Waals surface area contributed by atoms with E-state index in [1.54, 1.807) is 11.3 Å². The smallest absolute Gasteiger partial charge is 0.225 e. The fourth-order valence-corrected chi connectivity index (χ4v) is 4.10. The first kappa shape index (κ1) is 16.8. The van der Waals surface area contributed by atoms with Gasteiger partial charge >= 0.3 is 0 Å². The largest absolute Gasteiger partial charge is 0.353 e. The molecule has 1 fully saturated rings. The van der Waals surface area contributed by atoms with E-state index in [9.17, 15) is 4.79 Å². The van der Waals surface area contributed by atoms with Crippen molar-refractivity contribution in [1.82, 2.24) is 15.5 Å². The highest BCUT2D eigenvalue weighted by Crippen LogP contribution is 2.24. The van der Waals surface area contributed by atoms with Gasteiger partial charge in [-0.05, 0) is 29.9 Å². The average Bonchev–Trinajstić information content (AvgIpc) is 3.34. The number of benzene rings is 1. The molecule has 6 heteroatoms. The van der Waals surface area contributed by atoms with Crippen molar-refractivity contribution in [3.05, 3.63) is 58.8 Å². The Balaban J connectivity index is 1.38. The standard InChI is InChI=1S/C20H22N4OS/c25-20(12-17-9-5-11-26-17)21-16-8-4-10-24(14-16)19-13-18(22-23-19)15-6-2-1-3-7-15/h1-3,5-7,9,11,13,16H,4,8,10,12,14H2,(H,21,25)(H,22,23)/t16-/m1/s1. The van der Waals surface area contributed by atoms with Crippen LogP contribution in [0.3, 0.4) is 0 Å². The molecule has 1 aliphatic rings. The fraction of sp³-hybridized carbons (Fsp3) is 0.300. The van der Waals surface area contributed by atoms with Crippen LogP contribution in [-0.4, -0.2) is 35.2 Å². The second-order valence-electron chi connectivity index (χ2n) is 6.61. The van der Waals surface area contributed by atoms with Gasteiger partial charge in [0.2, 0.25) is 5.91 Å². The molecule has 1 aliphatic heterocycles. The zero-order valence-corrected chi connectivity index (χ0v) is 15.3. The quantitative estimate of drug-likeness (QED) is 0.727. The zero-order valence-electron chi connectivity index (χ0n) is 14.5. The van der Waals surface area contributed by atoms with Crippen molar-refractivity contribution in [2.75, 3.05) is 18.0 Å². The zero-order chi connectivity index (χ0) is 17.8. The van der Waals surface area contributed by atoms with E-state index >= 15 is 0 Å². The molecule has 1 saturated heterocycles. The van der Waals surface area contributed by atoms with Crippen LogP contribution < -0.4 is 10.2 Å². The summed E-state index contributed by atoms with van der Waals surface area (Å²) in [5, 5.41) is 12.8. The summed E-state index contributed by atoms with van der Waals surface area (Å²) in [6.45, 7) is 1.77. The molecule has 3 aromatic rings. The minimum atomic E-state index is 0.103. The first-order chi connectivity index (χ1) is 12.8. The molecule has 0 radical (unpaired) electrons. The molecule has 2 N–H and O–H groups in total. The molecule has 3 heterocycles. The molecule has 5 nitrogen and oxygen atoms in total. The summed E-state index contributed by atoms with van der Waals surface area (Å²) in [6.07, 6.45) is 2.54. The number of aromatic nitrogens is 2. The van der Waals surface area contributed by atoms with Gasteiger partial charge in [0.15, 0.2) is 5.82 Å². The molecule has 1 atom stereocenters. The summed E-state index contributed by atoms with van der Waals surface area (Å²) in [4.78, 5) is 15.6. The number of rotatable bonds is 5. The van der Waals surface area contributed by atoms with Crippen LogP contribution in [0.2, 0.25) is 0 Å². The number of anilines is 1. The summed E-state index contributed by atoms with van der Waals surface area (Å²) in [6, 6.07) is 16.4. The Labute approximate surface area is 157 Å². The molecular weight excluding hydrogens is 344 g/mol. The molecule has 134 valence electrons. The molecule has 4 rings (SSSR count). The number of nitrogens with one attached hydrogen (secondary N) is 2. The predicted molar refractivity (Wildman–Crippen MR) is 105 cm³/mol. The maximum Gasteiger partial charge on any atom is 0.225 e. The van der Waals surface area contributed by atoms with Gasteiger partial charge in [-0.3, -0.25) is 9.89 Å². The highest BCUT2D eigenvalue weighted by molar-refractivity contribution is 7.10. The third kappa shape index (κ3) is 3.96. The molecule has 26 heavy (non-hydrogen) atoms. The highest BCUT2D eigenvalue weighted by atomic mass is 32.1. The number of H-pyrrole nitrogens is 1. The average molecular weight is 366 g/mol. The van der Waals surface area contributed by atoms with Crippen LogP contribution in [0.4, 0.5) is 5.82 Å². The van der Waals surface area contributed by atoms with Crippen LogP contribution in [-0.2, 0) is 11.2 Å². The van der Waals surface area contributed by atoms with Gasteiger partial charge in [-0.1, -0.05) is 36.4 Å². The Hall–Kier alpha value is -2.60. The number of hydrogen-bond donors (Lipinski definition) is 2. The van der Waals surface area contributed by atoms with Gasteiger partial charge in [0.25, 0.3) is 0 Å². The van der Waals surface area contributed by atoms with Gasteiger partial charge in [0, 0.05) is 30.1 Å². The second-order valence-corrected chi connectivity index (χ2v) is 7.65. The summed E-state index contributed by atoms with van der Waals surface area (Å²) < 4.78 is 0. The molecule has 0 unspecified atom stereocenters. The Kier molecular flexibility index (Phi) is 5.02. The van der Waals surface area contributed by atoms with E-state index < -0.39 is 0 Å². The van der Waals surface area contributed by atoms with Crippen molar-refractivity contribution in [3.8, 4) is 11.3 Å². The van der Waals surface area contributed by atoms with Crippen LogP contribution in [0.1, 0.15) is 17.7 Å². The number of carbonyl (C=O) groups excluding carboxylic acids is 1. The Morgan fingerprint density at radius 3 is 2.96 bits per heavy atom. The molecule has 2 aromatic heterocycles. The van der Waals surface area contributed by atoms with Crippen molar-refractivity contribution in [3.63, 3.8) is 0 Å². The molecule has 0 bridgehead atoms. The minimum Gasteiger partial charge on any atom is -0.353 e. The van der Waals surface area contributed by atoms with Gasteiger partial charge in [-0.2, -0.15) is 5.10 Å². The third-order valence-electron chi connectivity index (χ3n) is 4.67. The first-order valence-corrected chi connectivity index (χ1v) is 9.83. The van der Waals surface area contributed by atoms with Gasteiger partial charge in [-0.15, -0.1) is 11.3 Å². The fourth-order valence-electron chi connectivity index (χ4n) is 3.39. The summed E-state index contributed by atoms with van der Waals surface area (Å²) in [5.41, 5.74) is 2.15. The lowest BCUT2D eigenvalue weighted by Gasteiger charge is -2.33. The third-order valence-corrected chi connectivity index (χ3v) is 5.55. The Morgan fingerprint density at radius 1 is 1.27 bits per heavy atom. The topological polar surface area (TPSA) is 61.0 Å². The normalized spacial score (nSPS) is 17.2. The van der Waals surface area contributed by atoms with Crippen LogP contribution in [0.15, 0.2) is 53.9 Å². The first-order valence-electron chi connectivity index (χ1n) is 8.95. The number of amides is 1. The molecule has 0 saturated carbocycles. The summed E-state index contributed by atoms with van der Waals surface area (Å²) >= 11 is 1.63. The van der Waals surface area contributed by atoms with Crippen LogP contribution in [0.25, 0.3) is 11.3 Å². The van der Waals surface area contributed by atoms with E-state index in [0.29, 0.717) is 6.42 Å². The molecule has 1 aromatic carbocycles. The van der Waals surface area contributed by atoms with E-state index in [0.717, 1.165) is 47.9 Å². The lowest BCUT2D eigenvalue weighted by Crippen LogP contribution is -2.48.